The maximum atomic E-state index is 4.51. The number of benzene rings is 1. The lowest BCUT2D eigenvalue weighted by Gasteiger charge is -2.11. The van der Waals surface area contributed by atoms with Gasteiger partial charge in [0.25, 0.3) is 0 Å². The Morgan fingerprint density at radius 3 is 2.74 bits per heavy atom. The third-order valence-electron chi connectivity index (χ3n) is 2.72. The zero-order valence-corrected chi connectivity index (χ0v) is 13.1. The van der Waals surface area contributed by atoms with Crippen molar-refractivity contribution in [1.82, 2.24) is 15.2 Å². The SMILES string of the molecule is CC(C)(C)c1n[nH]c(CCNc2cccc(Br)c2)n1. The summed E-state index contributed by atoms with van der Waals surface area (Å²) in [5.74, 6) is 1.79. The Bertz CT molecular complexity index is 542. The molecule has 4 nitrogen and oxygen atoms in total. The normalized spacial score (nSPS) is 11.6. The summed E-state index contributed by atoms with van der Waals surface area (Å²) in [7, 11) is 0. The Morgan fingerprint density at radius 2 is 2.11 bits per heavy atom. The smallest absolute Gasteiger partial charge is 0.155 e. The zero-order chi connectivity index (χ0) is 13.9. The second-order valence-electron chi connectivity index (χ2n) is 5.54. The molecule has 0 saturated carbocycles. The van der Waals surface area contributed by atoms with Crippen LogP contribution in [0.3, 0.4) is 0 Å². The highest BCUT2D eigenvalue weighted by molar-refractivity contribution is 9.10. The number of rotatable bonds is 4. The molecule has 1 aromatic heterocycles. The molecule has 1 aromatic carbocycles. The molecule has 0 aliphatic rings. The van der Waals surface area contributed by atoms with E-state index >= 15 is 0 Å². The predicted molar refractivity (Wildman–Crippen MR) is 81.4 cm³/mol. The number of nitrogens with zero attached hydrogens (tertiary/aromatic N) is 2. The van der Waals surface area contributed by atoms with E-state index in [2.05, 4.69) is 63.3 Å². The van der Waals surface area contributed by atoms with Gasteiger partial charge >= 0.3 is 0 Å². The molecule has 2 N–H and O–H groups in total. The zero-order valence-electron chi connectivity index (χ0n) is 11.5. The third kappa shape index (κ3) is 4.06. The summed E-state index contributed by atoms with van der Waals surface area (Å²) < 4.78 is 1.08. The molecule has 1 heterocycles. The van der Waals surface area contributed by atoms with Crippen molar-refractivity contribution < 1.29 is 0 Å². The lowest BCUT2D eigenvalue weighted by atomic mass is 9.96. The van der Waals surface area contributed by atoms with Gasteiger partial charge in [0.1, 0.15) is 5.82 Å². The van der Waals surface area contributed by atoms with Crippen LogP contribution in [-0.2, 0) is 11.8 Å². The van der Waals surface area contributed by atoms with Crippen LogP contribution in [0.4, 0.5) is 5.69 Å². The third-order valence-corrected chi connectivity index (χ3v) is 3.21. The van der Waals surface area contributed by atoms with E-state index in [9.17, 15) is 0 Å². The molecule has 0 spiro atoms. The van der Waals surface area contributed by atoms with Gasteiger partial charge in [-0.2, -0.15) is 5.10 Å². The lowest BCUT2D eigenvalue weighted by Crippen LogP contribution is -2.13. The minimum absolute atomic E-state index is 0.00747. The molecule has 0 atom stereocenters. The average Bonchev–Trinajstić information content (AvgIpc) is 2.77. The number of aromatic amines is 1. The fourth-order valence-corrected chi connectivity index (χ4v) is 2.07. The molecule has 2 rings (SSSR count). The van der Waals surface area contributed by atoms with Crippen LogP contribution in [0.15, 0.2) is 28.7 Å². The Hall–Kier alpha value is -1.36. The first-order valence-electron chi connectivity index (χ1n) is 6.36. The number of anilines is 1. The van der Waals surface area contributed by atoms with E-state index in [0.717, 1.165) is 34.8 Å². The first kappa shape index (κ1) is 14.1. The highest BCUT2D eigenvalue weighted by Gasteiger charge is 2.18. The minimum atomic E-state index is -0.00747. The molecule has 0 saturated heterocycles. The van der Waals surface area contributed by atoms with E-state index in [-0.39, 0.29) is 5.41 Å². The molecule has 0 amide bonds. The van der Waals surface area contributed by atoms with Gasteiger partial charge in [0.2, 0.25) is 0 Å². The summed E-state index contributed by atoms with van der Waals surface area (Å²) in [6.45, 7) is 7.16. The van der Waals surface area contributed by atoms with Crippen LogP contribution in [0.1, 0.15) is 32.4 Å². The van der Waals surface area contributed by atoms with Gasteiger partial charge in [-0.1, -0.05) is 42.8 Å². The van der Waals surface area contributed by atoms with Crippen molar-refractivity contribution >= 4 is 21.6 Å². The van der Waals surface area contributed by atoms with Crippen molar-refractivity contribution in [2.45, 2.75) is 32.6 Å². The van der Waals surface area contributed by atoms with E-state index in [1.165, 1.54) is 0 Å². The summed E-state index contributed by atoms with van der Waals surface area (Å²) in [5, 5.41) is 10.6. The first-order valence-corrected chi connectivity index (χ1v) is 7.15. The van der Waals surface area contributed by atoms with E-state index in [1.54, 1.807) is 0 Å². The summed E-state index contributed by atoms with van der Waals surface area (Å²) in [6.07, 6.45) is 0.829. The van der Waals surface area contributed by atoms with Crippen LogP contribution in [0.25, 0.3) is 0 Å². The van der Waals surface area contributed by atoms with E-state index in [1.807, 2.05) is 18.2 Å². The van der Waals surface area contributed by atoms with Crippen LogP contribution in [0.2, 0.25) is 0 Å². The van der Waals surface area contributed by atoms with Crippen molar-refractivity contribution in [2.75, 3.05) is 11.9 Å². The quantitative estimate of drug-likeness (QED) is 0.905. The first-order chi connectivity index (χ1) is 8.95. The van der Waals surface area contributed by atoms with Crippen molar-refractivity contribution in [2.24, 2.45) is 0 Å². The molecule has 0 unspecified atom stereocenters. The van der Waals surface area contributed by atoms with Crippen molar-refractivity contribution in [3.05, 3.63) is 40.4 Å². The molecule has 0 radical (unpaired) electrons. The monoisotopic (exact) mass is 322 g/mol. The van der Waals surface area contributed by atoms with Gasteiger partial charge < -0.3 is 5.32 Å². The van der Waals surface area contributed by atoms with Crippen LogP contribution in [-0.4, -0.2) is 21.7 Å². The molecule has 5 heteroatoms. The summed E-state index contributed by atoms with van der Waals surface area (Å²) in [4.78, 5) is 4.51. The van der Waals surface area contributed by atoms with Gasteiger partial charge in [0, 0.05) is 28.5 Å². The largest absolute Gasteiger partial charge is 0.385 e. The van der Waals surface area contributed by atoms with Crippen molar-refractivity contribution in [3.8, 4) is 0 Å². The molecular weight excluding hydrogens is 304 g/mol. The standard InChI is InChI=1S/C14H19BrN4/c1-14(2,3)13-17-12(18-19-13)7-8-16-11-6-4-5-10(15)9-11/h4-6,9,16H,7-8H2,1-3H3,(H,17,18,19). The van der Waals surface area contributed by atoms with Crippen LogP contribution < -0.4 is 5.32 Å². The maximum Gasteiger partial charge on any atom is 0.155 e. The van der Waals surface area contributed by atoms with Crippen LogP contribution >= 0.6 is 15.9 Å². The molecule has 0 fully saturated rings. The molecular formula is C14H19BrN4. The molecule has 0 aliphatic carbocycles. The van der Waals surface area contributed by atoms with Crippen molar-refractivity contribution in [3.63, 3.8) is 0 Å². The van der Waals surface area contributed by atoms with E-state index in [4.69, 9.17) is 0 Å². The molecule has 0 aliphatic heterocycles. The Balaban J connectivity index is 1.88. The predicted octanol–water partition coefficient (Wildman–Crippen LogP) is 3.52. The maximum absolute atomic E-state index is 4.51. The van der Waals surface area contributed by atoms with Gasteiger partial charge in [-0.05, 0) is 18.2 Å². The molecule has 102 valence electrons. The number of halogens is 1. The molecule has 2 aromatic rings. The highest BCUT2D eigenvalue weighted by atomic mass is 79.9. The Morgan fingerprint density at radius 1 is 1.32 bits per heavy atom. The average molecular weight is 323 g/mol. The number of hydrogen-bond acceptors (Lipinski definition) is 3. The summed E-state index contributed by atoms with van der Waals surface area (Å²) >= 11 is 3.46. The minimum Gasteiger partial charge on any atom is -0.385 e. The van der Waals surface area contributed by atoms with Gasteiger partial charge in [-0.15, -0.1) is 0 Å². The topological polar surface area (TPSA) is 53.6 Å². The second-order valence-corrected chi connectivity index (χ2v) is 6.46. The van der Waals surface area contributed by atoms with Crippen LogP contribution in [0.5, 0.6) is 0 Å². The number of hydrogen-bond donors (Lipinski definition) is 2. The molecule has 19 heavy (non-hydrogen) atoms. The highest BCUT2D eigenvalue weighted by Crippen LogP contribution is 2.18. The number of H-pyrrole nitrogens is 1. The fourth-order valence-electron chi connectivity index (χ4n) is 1.67. The van der Waals surface area contributed by atoms with Crippen LogP contribution in [0, 0.1) is 0 Å². The summed E-state index contributed by atoms with van der Waals surface area (Å²) in [5.41, 5.74) is 1.09. The Kier molecular flexibility index (Phi) is 4.24. The lowest BCUT2D eigenvalue weighted by molar-refractivity contribution is 0.547. The number of aromatic nitrogens is 3. The molecule has 0 bridgehead atoms. The van der Waals surface area contributed by atoms with Gasteiger partial charge in [0.05, 0.1) is 0 Å². The fraction of sp³-hybridized carbons (Fsp3) is 0.429. The van der Waals surface area contributed by atoms with Gasteiger partial charge in [-0.3, -0.25) is 5.10 Å². The van der Waals surface area contributed by atoms with E-state index < -0.39 is 0 Å². The van der Waals surface area contributed by atoms with Gasteiger partial charge in [0.15, 0.2) is 5.82 Å². The van der Waals surface area contributed by atoms with Gasteiger partial charge in [-0.25, -0.2) is 4.98 Å². The van der Waals surface area contributed by atoms with E-state index in [0.29, 0.717) is 0 Å². The number of nitrogens with one attached hydrogen (secondary N) is 2. The Labute approximate surface area is 122 Å². The van der Waals surface area contributed by atoms with Crippen molar-refractivity contribution in [1.29, 1.82) is 0 Å². The second kappa shape index (κ2) is 5.74. The summed E-state index contributed by atoms with van der Waals surface area (Å²) in [6, 6.07) is 8.13.